The molecule has 1 aliphatic heterocycles. The van der Waals surface area contributed by atoms with Crippen LogP contribution in [-0.2, 0) is 6.54 Å². The maximum Gasteiger partial charge on any atom is 0.126 e. The van der Waals surface area contributed by atoms with E-state index < -0.39 is 0 Å². The van der Waals surface area contributed by atoms with Gasteiger partial charge in [-0.2, -0.15) is 5.10 Å². The topological polar surface area (TPSA) is 29.3 Å². The number of methoxy groups -OCH3 is 1. The number of ether oxygens (including phenoxy) is 1. The molecule has 1 N–H and O–H groups in total. The van der Waals surface area contributed by atoms with Crippen molar-refractivity contribution in [3.63, 3.8) is 0 Å². The van der Waals surface area contributed by atoms with Crippen molar-refractivity contribution in [1.29, 1.82) is 0 Å². The van der Waals surface area contributed by atoms with E-state index in [9.17, 15) is 0 Å². The van der Waals surface area contributed by atoms with Gasteiger partial charge in [-0.3, -0.25) is 5.01 Å². The Balaban J connectivity index is 1.47. The molecule has 0 spiro atoms. The van der Waals surface area contributed by atoms with Crippen LogP contribution >= 0.6 is 11.6 Å². The summed E-state index contributed by atoms with van der Waals surface area (Å²) in [6, 6.07) is 16.1. The van der Waals surface area contributed by atoms with Gasteiger partial charge in [-0.1, -0.05) is 48.0 Å². The van der Waals surface area contributed by atoms with E-state index in [0.29, 0.717) is 0 Å². The summed E-state index contributed by atoms with van der Waals surface area (Å²) in [5.41, 5.74) is 2.27. The van der Waals surface area contributed by atoms with Gasteiger partial charge in [0.1, 0.15) is 12.3 Å². The van der Waals surface area contributed by atoms with E-state index in [0.717, 1.165) is 49.1 Å². The van der Waals surface area contributed by atoms with Crippen molar-refractivity contribution in [3.8, 4) is 5.75 Å². The van der Waals surface area contributed by atoms with Crippen LogP contribution in [0.5, 0.6) is 5.75 Å². The average molecular weight is 371 g/mol. The van der Waals surface area contributed by atoms with E-state index >= 15 is 0 Å². The summed E-state index contributed by atoms with van der Waals surface area (Å²) in [6.45, 7) is 5.03. The zero-order valence-corrected chi connectivity index (χ0v) is 15.8. The molecule has 0 aromatic heterocycles. The zero-order valence-electron chi connectivity index (χ0n) is 15.1. The first-order valence-corrected chi connectivity index (χ1v) is 9.29. The lowest BCUT2D eigenvalue weighted by atomic mass is 10.2. The molecule has 0 atom stereocenters. The van der Waals surface area contributed by atoms with Gasteiger partial charge in [0.05, 0.1) is 33.3 Å². The molecule has 136 valence electrons. The van der Waals surface area contributed by atoms with Crippen molar-refractivity contribution in [2.75, 3.05) is 33.3 Å². The van der Waals surface area contributed by atoms with Gasteiger partial charge in [0.15, 0.2) is 0 Å². The van der Waals surface area contributed by atoms with Crippen molar-refractivity contribution in [2.24, 2.45) is 5.10 Å². The molecular weight excluding hydrogens is 346 g/mol. The number of nitrogens with one attached hydrogen (secondary N) is 1. The Hall–Kier alpha value is -2.30. The highest BCUT2D eigenvalue weighted by molar-refractivity contribution is 6.31. The van der Waals surface area contributed by atoms with Gasteiger partial charge >= 0.3 is 0 Å². The van der Waals surface area contributed by atoms with Gasteiger partial charge in [-0.25, -0.2) is 0 Å². The fourth-order valence-corrected chi connectivity index (χ4v) is 3.30. The fourth-order valence-electron chi connectivity index (χ4n) is 3.10. The molecule has 1 saturated heterocycles. The Morgan fingerprint density at radius 3 is 2.62 bits per heavy atom. The molecule has 3 rings (SSSR count). The molecule has 0 bridgehead atoms. The van der Waals surface area contributed by atoms with Crippen LogP contribution < -0.4 is 9.64 Å². The maximum atomic E-state index is 6.26. The normalized spacial score (nSPS) is 15.8. The van der Waals surface area contributed by atoms with Crippen LogP contribution in [0.4, 0.5) is 0 Å². The molecule has 26 heavy (non-hydrogen) atoms. The number of rotatable bonds is 6. The van der Waals surface area contributed by atoms with Crippen LogP contribution in [0.2, 0.25) is 5.02 Å². The Morgan fingerprint density at radius 2 is 1.85 bits per heavy atom. The van der Waals surface area contributed by atoms with E-state index in [1.165, 1.54) is 5.56 Å². The van der Waals surface area contributed by atoms with Gasteiger partial charge in [-0.15, -0.1) is 0 Å². The molecule has 0 amide bonds. The molecule has 1 fully saturated rings. The predicted molar refractivity (Wildman–Crippen MR) is 108 cm³/mol. The van der Waals surface area contributed by atoms with Gasteiger partial charge in [0.2, 0.25) is 0 Å². The zero-order chi connectivity index (χ0) is 18.2. The second kappa shape index (κ2) is 9.41. The SMILES string of the molecule is COc1ccccc1/C=C/C=N/N1CC[NH+](Cc2ccccc2Cl)CC1. The molecule has 4 nitrogen and oxygen atoms in total. The van der Waals surface area contributed by atoms with Crippen molar-refractivity contribution >= 4 is 23.9 Å². The summed E-state index contributed by atoms with van der Waals surface area (Å²) in [4.78, 5) is 1.55. The number of nitrogens with zero attached hydrogens (tertiary/aromatic N) is 2. The minimum Gasteiger partial charge on any atom is -0.496 e. The lowest BCUT2D eigenvalue weighted by Gasteiger charge is -2.30. The quantitative estimate of drug-likeness (QED) is 0.792. The van der Waals surface area contributed by atoms with Gasteiger partial charge < -0.3 is 9.64 Å². The number of benzene rings is 2. The van der Waals surface area contributed by atoms with Crippen molar-refractivity contribution in [2.45, 2.75) is 6.54 Å². The van der Waals surface area contributed by atoms with Crippen LogP contribution in [0.3, 0.4) is 0 Å². The summed E-state index contributed by atoms with van der Waals surface area (Å²) >= 11 is 6.26. The smallest absolute Gasteiger partial charge is 0.126 e. The lowest BCUT2D eigenvalue weighted by Crippen LogP contribution is -3.13. The standard InChI is InChI=1S/C21H24ClN3O/c1-26-21-11-5-3-7-18(21)9-6-12-23-25-15-13-24(14-16-25)17-19-8-2-4-10-20(19)22/h2-12H,13-17H2,1H3/p+1/b9-6+,23-12+. The summed E-state index contributed by atoms with van der Waals surface area (Å²) in [5.74, 6) is 0.869. The third-order valence-electron chi connectivity index (χ3n) is 4.58. The van der Waals surface area contributed by atoms with Crippen molar-refractivity contribution < 1.29 is 9.64 Å². The van der Waals surface area contributed by atoms with Crippen LogP contribution in [-0.4, -0.2) is 44.5 Å². The number of hydrazone groups is 1. The Kier molecular flexibility index (Phi) is 6.69. The van der Waals surface area contributed by atoms with Crippen LogP contribution in [0, 0.1) is 0 Å². The fraction of sp³-hybridized carbons (Fsp3) is 0.286. The number of quaternary nitrogens is 1. The van der Waals surface area contributed by atoms with E-state index in [1.807, 2.05) is 54.8 Å². The average Bonchev–Trinajstić information content (AvgIpc) is 2.68. The monoisotopic (exact) mass is 370 g/mol. The van der Waals surface area contributed by atoms with E-state index in [4.69, 9.17) is 16.3 Å². The summed E-state index contributed by atoms with van der Waals surface area (Å²) < 4.78 is 5.34. The van der Waals surface area contributed by atoms with Crippen molar-refractivity contribution in [3.05, 3.63) is 70.8 Å². The lowest BCUT2D eigenvalue weighted by molar-refractivity contribution is -0.918. The number of hydrogen-bond donors (Lipinski definition) is 1. The van der Waals surface area contributed by atoms with Crippen molar-refractivity contribution in [1.82, 2.24) is 5.01 Å². The first-order chi connectivity index (χ1) is 12.8. The highest BCUT2D eigenvalue weighted by Gasteiger charge is 2.19. The molecule has 1 heterocycles. The largest absolute Gasteiger partial charge is 0.496 e. The summed E-state index contributed by atoms with van der Waals surface area (Å²) in [6.07, 6.45) is 5.83. The van der Waals surface area contributed by atoms with E-state index in [-0.39, 0.29) is 0 Å². The minimum atomic E-state index is 0.863. The molecule has 0 saturated carbocycles. The van der Waals surface area contributed by atoms with Crippen LogP contribution in [0.15, 0.2) is 59.7 Å². The maximum absolute atomic E-state index is 6.26. The first kappa shape index (κ1) is 18.5. The van der Waals surface area contributed by atoms with Crippen LogP contribution in [0.1, 0.15) is 11.1 Å². The third-order valence-corrected chi connectivity index (χ3v) is 4.94. The minimum absolute atomic E-state index is 0.863. The van der Waals surface area contributed by atoms with Crippen LogP contribution in [0.25, 0.3) is 6.08 Å². The van der Waals surface area contributed by atoms with Gasteiger partial charge in [0.25, 0.3) is 0 Å². The number of allylic oxidation sites excluding steroid dienone is 1. The Labute approximate surface area is 160 Å². The molecule has 0 unspecified atom stereocenters. The number of piperazine rings is 1. The predicted octanol–water partition coefficient (Wildman–Crippen LogP) is 2.75. The van der Waals surface area contributed by atoms with Gasteiger partial charge in [0, 0.05) is 22.4 Å². The molecule has 2 aromatic carbocycles. The van der Waals surface area contributed by atoms with Gasteiger partial charge in [-0.05, 0) is 24.3 Å². The number of para-hydroxylation sites is 1. The first-order valence-electron chi connectivity index (χ1n) is 8.92. The molecular formula is C21H25ClN3O+. The highest BCUT2D eigenvalue weighted by Crippen LogP contribution is 2.18. The third kappa shape index (κ3) is 5.10. The Morgan fingerprint density at radius 1 is 1.12 bits per heavy atom. The highest BCUT2D eigenvalue weighted by atomic mass is 35.5. The molecule has 0 radical (unpaired) electrons. The summed E-state index contributed by atoms with van der Waals surface area (Å²) in [7, 11) is 1.69. The Bertz CT molecular complexity index is 767. The molecule has 0 aliphatic carbocycles. The second-order valence-electron chi connectivity index (χ2n) is 6.34. The molecule has 1 aliphatic rings. The van der Waals surface area contributed by atoms with E-state index in [1.54, 1.807) is 12.0 Å². The molecule has 2 aromatic rings. The second-order valence-corrected chi connectivity index (χ2v) is 6.74. The summed E-state index contributed by atoms with van der Waals surface area (Å²) in [5, 5.41) is 7.54. The van der Waals surface area contributed by atoms with E-state index in [2.05, 4.69) is 22.2 Å². The number of halogens is 1. The number of hydrogen-bond acceptors (Lipinski definition) is 3. The molecule has 5 heteroatoms.